The van der Waals surface area contributed by atoms with Gasteiger partial charge in [0.25, 0.3) is 0 Å². The highest BCUT2D eigenvalue weighted by atomic mass is 15.3. The van der Waals surface area contributed by atoms with Crippen molar-refractivity contribution in [3.63, 3.8) is 0 Å². The van der Waals surface area contributed by atoms with E-state index >= 15 is 0 Å². The van der Waals surface area contributed by atoms with Crippen LogP contribution in [0, 0.1) is 0 Å². The number of benzene rings is 1. The number of hydrogen-bond acceptors (Lipinski definition) is 3. The number of aryl methyl sites for hydroxylation is 1. The molecular weight excluding hydrogens is 260 g/mol. The van der Waals surface area contributed by atoms with Gasteiger partial charge in [-0.1, -0.05) is 38.1 Å². The quantitative estimate of drug-likeness (QED) is 0.607. The van der Waals surface area contributed by atoms with Crippen LogP contribution in [-0.4, -0.2) is 9.78 Å². The van der Waals surface area contributed by atoms with Crippen LogP contribution in [0.4, 0.5) is 0 Å². The van der Waals surface area contributed by atoms with Crippen LogP contribution in [0.5, 0.6) is 0 Å². The molecule has 4 nitrogen and oxygen atoms in total. The van der Waals surface area contributed by atoms with Crippen molar-refractivity contribution in [2.24, 2.45) is 5.84 Å². The molecule has 0 aliphatic heterocycles. The number of aromatic nitrogens is 2. The largest absolute Gasteiger partial charge is 0.271 e. The van der Waals surface area contributed by atoms with Crippen molar-refractivity contribution in [3.05, 3.63) is 53.3 Å². The normalized spacial score (nSPS) is 14.1. The van der Waals surface area contributed by atoms with Crippen LogP contribution in [-0.2, 0) is 12.8 Å². The van der Waals surface area contributed by atoms with Crippen molar-refractivity contribution in [2.45, 2.75) is 52.1 Å². The zero-order valence-corrected chi connectivity index (χ0v) is 13.2. The molecule has 1 aromatic heterocycles. The van der Waals surface area contributed by atoms with Crippen LogP contribution in [0.3, 0.4) is 0 Å². The smallest absolute Gasteiger partial charge is 0.0644 e. The van der Waals surface area contributed by atoms with Crippen molar-refractivity contribution in [1.29, 1.82) is 0 Å². The molecule has 0 saturated carbocycles. The molecule has 0 saturated heterocycles. The topological polar surface area (TPSA) is 55.9 Å². The molecule has 0 radical (unpaired) electrons. The highest BCUT2D eigenvalue weighted by molar-refractivity contribution is 5.30. The van der Waals surface area contributed by atoms with Gasteiger partial charge in [0.15, 0.2) is 0 Å². The van der Waals surface area contributed by atoms with Gasteiger partial charge in [-0.05, 0) is 37.0 Å². The molecular formula is C17H26N4. The summed E-state index contributed by atoms with van der Waals surface area (Å²) in [6, 6.07) is 11.1. The molecule has 3 N–H and O–H groups in total. The zero-order chi connectivity index (χ0) is 15.2. The molecule has 0 aliphatic carbocycles. The van der Waals surface area contributed by atoms with E-state index in [-0.39, 0.29) is 6.04 Å². The summed E-state index contributed by atoms with van der Waals surface area (Å²) in [7, 11) is 0. The Bertz CT molecular complexity index is 561. The number of nitrogens with one attached hydrogen (secondary N) is 1. The second kappa shape index (κ2) is 7.38. The molecule has 0 spiro atoms. The fourth-order valence-electron chi connectivity index (χ4n) is 2.58. The van der Waals surface area contributed by atoms with E-state index < -0.39 is 0 Å². The minimum Gasteiger partial charge on any atom is -0.271 e. The number of hydrazine groups is 1. The van der Waals surface area contributed by atoms with Gasteiger partial charge < -0.3 is 0 Å². The maximum atomic E-state index is 5.78. The van der Waals surface area contributed by atoms with E-state index in [0.29, 0.717) is 6.04 Å². The Morgan fingerprint density at radius 1 is 1.24 bits per heavy atom. The van der Waals surface area contributed by atoms with Crippen molar-refractivity contribution >= 4 is 0 Å². The summed E-state index contributed by atoms with van der Waals surface area (Å²) in [5, 5.41) is 4.67. The Labute approximate surface area is 127 Å². The van der Waals surface area contributed by atoms with Crippen LogP contribution in [0.1, 0.15) is 56.1 Å². The summed E-state index contributed by atoms with van der Waals surface area (Å²) < 4.78 is 2.04. The average Bonchev–Trinajstić information content (AvgIpc) is 3.00. The fraction of sp³-hybridized carbons (Fsp3) is 0.471. The van der Waals surface area contributed by atoms with E-state index in [1.807, 2.05) is 4.68 Å². The maximum Gasteiger partial charge on any atom is 0.0644 e. The first-order valence-electron chi connectivity index (χ1n) is 7.77. The van der Waals surface area contributed by atoms with Gasteiger partial charge >= 0.3 is 0 Å². The Hall–Kier alpha value is -1.65. The predicted molar refractivity (Wildman–Crippen MR) is 86.8 cm³/mol. The van der Waals surface area contributed by atoms with Gasteiger partial charge in [0.1, 0.15) is 0 Å². The van der Waals surface area contributed by atoms with E-state index in [2.05, 4.69) is 67.8 Å². The predicted octanol–water partition coefficient (Wildman–Crippen LogP) is 3.16. The van der Waals surface area contributed by atoms with Crippen LogP contribution >= 0.6 is 0 Å². The summed E-state index contributed by atoms with van der Waals surface area (Å²) in [5.74, 6) is 5.78. The molecule has 2 atom stereocenters. The lowest BCUT2D eigenvalue weighted by atomic mass is 9.96. The summed E-state index contributed by atoms with van der Waals surface area (Å²) in [6.07, 6.45) is 4.95. The van der Waals surface area contributed by atoms with E-state index in [4.69, 9.17) is 5.84 Å². The monoisotopic (exact) mass is 286 g/mol. The lowest BCUT2D eigenvalue weighted by molar-refractivity contribution is 0.466. The van der Waals surface area contributed by atoms with Gasteiger partial charge in [0.05, 0.1) is 11.7 Å². The lowest BCUT2D eigenvalue weighted by Gasteiger charge is -2.18. The first-order valence-corrected chi connectivity index (χ1v) is 7.77. The lowest BCUT2D eigenvalue weighted by Crippen LogP contribution is -2.30. The third-order valence-corrected chi connectivity index (χ3v) is 4.13. The highest BCUT2D eigenvalue weighted by Crippen LogP contribution is 2.22. The van der Waals surface area contributed by atoms with Crippen LogP contribution < -0.4 is 11.3 Å². The van der Waals surface area contributed by atoms with Crippen LogP contribution in [0.25, 0.3) is 0 Å². The molecule has 0 amide bonds. The van der Waals surface area contributed by atoms with Crippen molar-refractivity contribution in [2.75, 3.05) is 0 Å². The molecule has 2 unspecified atom stereocenters. The van der Waals surface area contributed by atoms with Crippen LogP contribution in [0.2, 0.25) is 0 Å². The average molecular weight is 286 g/mol. The highest BCUT2D eigenvalue weighted by Gasteiger charge is 2.15. The third-order valence-electron chi connectivity index (χ3n) is 4.13. The summed E-state index contributed by atoms with van der Waals surface area (Å²) in [4.78, 5) is 0. The van der Waals surface area contributed by atoms with Gasteiger partial charge in [-0.15, -0.1) is 0 Å². The minimum absolute atomic E-state index is 0.0985. The minimum atomic E-state index is 0.0985. The molecule has 114 valence electrons. The van der Waals surface area contributed by atoms with Crippen molar-refractivity contribution in [3.8, 4) is 0 Å². The third kappa shape index (κ3) is 3.71. The number of nitrogens with two attached hydrogens (primary N) is 1. The molecule has 4 heteroatoms. The van der Waals surface area contributed by atoms with Gasteiger partial charge in [-0.25, -0.2) is 0 Å². The first-order chi connectivity index (χ1) is 10.2. The van der Waals surface area contributed by atoms with E-state index in [1.165, 1.54) is 11.1 Å². The zero-order valence-electron chi connectivity index (χ0n) is 13.2. The van der Waals surface area contributed by atoms with E-state index in [1.54, 1.807) is 0 Å². The summed E-state index contributed by atoms with van der Waals surface area (Å²) in [5.41, 5.74) is 6.62. The summed E-state index contributed by atoms with van der Waals surface area (Å²) >= 11 is 0. The summed E-state index contributed by atoms with van der Waals surface area (Å²) in [6.45, 7) is 6.53. The van der Waals surface area contributed by atoms with Gasteiger partial charge in [-0.2, -0.15) is 5.10 Å². The number of rotatable bonds is 7. The number of nitrogens with zero attached hydrogens (tertiary/aromatic N) is 2. The van der Waals surface area contributed by atoms with Gasteiger partial charge in [0, 0.05) is 18.7 Å². The molecule has 0 fully saturated rings. The molecule has 1 heterocycles. The van der Waals surface area contributed by atoms with Gasteiger partial charge in [-0.3, -0.25) is 16.0 Å². The second-order valence-corrected chi connectivity index (χ2v) is 5.52. The second-order valence-electron chi connectivity index (χ2n) is 5.52. The molecule has 0 aliphatic rings. The van der Waals surface area contributed by atoms with Crippen molar-refractivity contribution in [1.82, 2.24) is 15.2 Å². The molecule has 1 aromatic carbocycles. The van der Waals surface area contributed by atoms with E-state index in [9.17, 15) is 0 Å². The maximum absolute atomic E-state index is 5.78. The SMILES string of the molecule is CCc1ccccc1C(Cc1ccn(C(C)CC)n1)NN. The molecule has 2 aromatic rings. The molecule has 21 heavy (non-hydrogen) atoms. The van der Waals surface area contributed by atoms with Crippen LogP contribution in [0.15, 0.2) is 36.5 Å². The first kappa shape index (κ1) is 15.7. The molecule has 0 bridgehead atoms. The van der Waals surface area contributed by atoms with E-state index in [0.717, 1.165) is 25.0 Å². The van der Waals surface area contributed by atoms with Crippen molar-refractivity contribution < 1.29 is 0 Å². The Kier molecular flexibility index (Phi) is 5.53. The molecule has 2 rings (SSSR count). The Morgan fingerprint density at radius 2 is 2.00 bits per heavy atom. The number of hydrogen-bond donors (Lipinski definition) is 2. The van der Waals surface area contributed by atoms with Gasteiger partial charge in [0.2, 0.25) is 0 Å². The standard InChI is InChI=1S/C17H26N4/c1-4-13(3)21-11-10-15(20-21)12-17(19-18)16-9-7-6-8-14(16)5-2/h6-11,13,17,19H,4-5,12,18H2,1-3H3. The fourth-order valence-corrected chi connectivity index (χ4v) is 2.58. The Balaban J connectivity index is 2.17. The Morgan fingerprint density at radius 3 is 2.67 bits per heavy atom.